The molecule has 0 N–H and O–H groups in total. The van der Waals surface area contributed by atoms with Gasteiger partial charge in [0, 0.05) is 45.2 Å². The lowest BCUT2D eigenvalue weighted by atomic mass is 10.0. The molecule has 1 aromatic rings. The van der Waals surface area contributed by atoms with Crippen molar-refractivity contribution in [2.75, 3.05) is 59.0 Å². The Morgan fingerprint density at radius 3 is 2.27 bits per heavy atom. The minimum atomic E-state index is -0.0484. The summed E-state index contributed by atoms with van der Waals surface area (Å²) in [7, 11) is 0. The lowest BCUT2D eigenvalue weighted by molar-refractivity contribution is -0.134. The molecule has 2 aliphatic heterocycles. The molecule has 0 atom stereocenters. The third kappa shape index (κ3) is 4.07. The van der Waals surface area contributed by atoms with Gasteiger partial charge in [-0.3, -0.25) is 14.5 Å². The first kappa shape index (κ1) is 18.8. The molecule has 2 saturated heterocycles. The van der Waals surface area contributed by atoms with E-state index in [1.165, 1.54) is 0 Å². The average molecular weight is 364 g/mol. The smallest absolute Gasteiger partial charge is 0.259 e. The first-order valence-corrected chi connectivity index (χ1v) is 9.30. The second-order valence-electron chi connectivity index (χ2n) is 7.22. The zero-order valence-corrected chi connectivity index (χ0v) is 15.9. The van der Waals surface area contributed by atoms with Gasteiger partial charge in [0.05, 0.1) is 25.5 Å². The molecule has 0 spiro atoms. The van der Waals surface area contributed by atoms with E-state index in [9.17, 15) is 9.59 Å². The second kappa shape index (κ2) is 8.18. The van der Waals surface area contributed by atoms with Crippen LogP contribution in [-0.4, -0.2) is 90.7 Å². The first-order valence-electron chi connectivity index (χ1n) is 9.30. The van der Waals surface area contributed by atoms with Crippen molar-refractivity contribution in [2.45, 2.75) is 26.7 Å². The largest absolute Gasteiger partial charge is 0.379 e. The van der Waals surface area contributed by atoms with Crippen molar-refractivity contribution < 1.29 is 18.8 Å². The lowest BCUT2D eigenvalue weighted by Crippen LogP contribution is -2.53. The molecule has 8 nitrogen and oxygen atoms in total. The van der Waals surface area contributed by atoms with Crippen molar-refractivity contribution in [3.63, 3.8) is 0 Å². The van der Waals surface area contributed by atoms with Crippen LogP contribution in [0.2, 0.25) is 0 Å². The predicted molar refractivity (Wildman–Crippen MR) is 95.1 cm³/mol. The average Bonchev–Trinajstić information content (AvgIpc) is 3.04. The van der Waals surface area contributed by atoms with Gasteiger partial charge in [-0.2, -0.15) is 0 Å². The topological polar surface area (TPSA) is 79.1 Å². The normalized spacial score (nSPS) is 19.2. The van der Waals surface area contributed by atoms with Crippen LogP contribution in [-0.2, 0) is 9.53 Å². The summed E-state index contributed by atoms with van der Waals surface area (Å²) in [4.78, 5) is 31.2. The quantitative estimate of drug-likeness (QED) is 0.783. The predicted octanol–water partition coefficient (Wildman–Crippen LogP) is 0.723. The van der Waals surface area contributed by atoms with E-state index in [2.05, 4.69) is 10.1 Å². The molecule has 0 bridgehead atoms. The van der Waals surface area contributed by atoms with Gasteiger partial charge in [0.15, 0.2) is 5.76 Å². The summed E-state index contributed by atoms with van der Waals surface area (Å²) in [5.74, 6) is 0.820. The summed E-state index contributed by atoms with van der Waals surface area (Å²) >= 11 is 0. The molecule has 144 valence electrons. The van der Waals surface area contributed by atoms with E-state index >= 15 is 0 Å². The maximum atomic E-state index is 12.9. The number of nitrogens with zero attached hydrogens (tertiary/aromatic N) is 4. The molecule has 3 heterocycles. The van der Waals surface area contributed by atoms with E-state index in [0.29, 0.717) is 63.0 Å². The highest BCUT2D eigenvalue weighted by molar-refractivity contribution is 5.96. The van der Waals surface area contributed by atoms with Crippen LogP contribution in [0.15, 0.2) is 4.52 Å². The van der Waals surface area contributed by atoms with Crippen LogP contribution in [0, 0.1) is 6.92 Å². The number of hydrogen-bond donors (Lipinski definition) is 0. The summed E-state index contributed by atoms with van der Waals surface area (Å²) in [6.07, 6.45) is 0. The fourth-order valence-corrected chi connectivity index (χ4v) is 3.41. The number of carbonyl (C=O) groups excluding carboxylic acids is 2. The van der Waals surface area contributed by atoms with Gasteiger partial charge < -0.3 is 19.1 Å². The fraction of sp³-hybridized carbons (Fsp3) is 0.722. The van der Waals surface area contributed by atoms with E-state index in [-0.39, 0.29) is 17.7 Å². The van der Waals surface area contributed by atoms with Crippen molar-refractivity contribution >= 4 is 11.8 Å². The van der Waals surface area contributed by atoms with Crippen LogP contribution >= 0.6 is 0 Å². The van der Waals surface area contributed by atoms with Gasteiger partial charge in [-0.05, 0) is 6.92 Å². The van der Waals surface area contributed by atoms with E-state index < -0.39 is 0 Å². The van der Waals surface area contributed by atoms with Crippen molar-refractivity contribution in [3.8, 4) is 0 Å². The van der Waals surface area contributed by atoms with Crippen LogP contribution in [0.4, 0.5) is 0 Å². The number of carbonyl (C=O) groups is 2. The number of piperazine rings is 1. The second-order valence-corrected chi connectivity index (χ2v) is 7.22. The minimum Gasteiger partial charge on any atom is -0.379 e. The van der Waals surface area contributed by atoms with Gasteiger partial charge in [-0.1, -0.05) is 19.0 Å². The number of rotatable bonds is 4. The molecule has 0 saturated carbocycles. The van der Waals surface area contributed by atoms with Gasteiger partial charge in [-0.15, -0.1) is 0 Å². The highest BCUT2D eigenvalue weighted by Crippen LogP contribution is 2.24. The molecular formula is C18H28N4O4. The number of ether oxygens (including phenoxy) is 1. The summed E-state index contributed by atoms with van der Waals surface area (Å²) in [6, 6.07) is 0. The minimum absolute atomic E-state index is 0.0484. The Bertz CT molecular complexity index is 644. The SMILES string of the molecule is Cc1noc(C(C)C)c1C(=O)N1CCN(C(=O)CN2CCOCC2)CC1. The molecule has 8 heteroatoms. The molecular weight excluding hydrogens is 336 g/mol. The Balaban J connectivity index is 1.55. The summed E-state index contributed by atoms with van der Waals surface area (Å²) in [5.41, 5.74) is 1.21. The van der Waals surface area contributed by atoms with E-state index in [1.807, 2.05) is 18.7 Å². The van der Waals surface area contributed by atoms with Gasteiger partial charge >= 0.3 is 0 Å². The van der Waals surface area contributed by atoms with Crippen molar-refractivity contribution in [2.24, 2.45) is 0 Å². The van der Waals surface area contributed by atoms with E-state index in [1.54, 1.807) is 11.8 Å². The number of aryl methyl sites for hydroxylation is 1. The number of morpholine rings is 1. The Morgan fingerprint density at radius 1 is 1.04 bits per heavy atom. The molecule has 0 radical (unpaired) electrons. The first-order chi connectivity index (χ1) is 12.5. The Labute approximate surface area is 154 Å². The maximum Gasteiger partial charge on any atom is 0.259 e. The van der Waals surface area contributed by atoms with Crippen molar-refractivity contribution in [1.29, 1.82) is 0 Å². The summed E-state index contributed by atoms with van der Waals surface area (Å²) in [5, 5.41) is 3.96. The highest BCUT2D eigenvalue weighted by Gasteiger charge is 2.30. The molecule has 2 amide bonds. The van der Waals surface area contributed by atoms with Crippen LogP contribution in [0.3, 0.4) is 0 Å². The third-order valence-corrected chi connectivity index (χ3v) is 5.01. The van der Waals surface area contributed by atoms with Gasteiger partial charge in [0.2, 0.25) is 5.91 Å². The van der Waals surface area contributed by atoms with Crippen LogP contribution in [0.1, 0.15) is 41.6 Å². The third-order valence-electron chi connectivity index (χ3n) is 5.01. The summed E-state index contributed by atoms with van der Waals surface area (Å²) < 4.78 is 10.7. The van der Waals surface area contributed by atoms with Crippen molar-refractivity contribution in [3.05, 3.63) is 17.0 Å². The molecule has 2 fully saturated rings. The molecule has 0 aromatic carbocycles. The number of hydrogen-bond acceptors (Lipinski definition) is 6. The maximum absolute atomic E-state index is 12.9. The van der Waals surface area contributed by atoms with Crippen LogP contribution in [0.25, 0.3) is 0 Å². The molecule has 1 aromatic heterocycles. The van der Waals surface area contributed by atoms with Crippen molar-refractivity contribution in [1.82, 2.24) is 19.9 Å². The van der Waals surface area contributed by atoms with Crippen LogP contribution in [0.5, 0.6) is 0 Å². The number of amides is 2. The van der Waals surface area contributed by atoms with E-state index in [4.69, 9.17) is 9.26 Å². The monoisotopic (exact) mass is 364 g/mol. The van der Waals surface area contributed by atoms with Gasteiger partial charge in [0.25, 0.3) is 5.91 Å². The molecule has 3 rings (SSSR count). The molecule has 26 heavy (non-hydrogen) atoms. The Morgan fingerprint density at radius 2 is 1.65 bits per heavy atom. The van der Waals surface area contributed by atoms with Crippen LogP contribution < -0.4 is 0 Å². The molecule has 0 aliphatic carbocycles. The Hall–Kier alpha value is -1.93. The summed E-state index contributed by atoms with van der Waals surface area (Å²) in [6.45, 7) is 11.4. The number of aromatic nitrogens is 1. The van der Waals surface area contributed by atoms with Gasteiger partial charge in [0.1, 0.15) is 5.56 Å². The lowest BCUT2D eigenvalue weighted by Gasteiger charge is -2.36. The Kier molecular flexibility index (Phi) is 5.93. The fourth-order valence-electron chi connectivity index (χ4n) is 3.41. The zero-order valence-electron chi connectivity index (χ0n) is 15.9. The standard InChI is InChI=1S/C18H28N4O4/c1-13(2)17-16(14(3)19-26-17)18(24)22-6-4-21(5-7-22)15(23)12-20-8-10-25-11-9-20/h13H,4-12H2,1-3H3. The molecule has 2 aliphatic rings. The molecule has 0 unspecified atom stereocenters. The van der Waals surface area contributed by atoms with E-state index in [0.717, 1.165) is 13.1 Å². The highest BCUT2D eigenvalue weighted by atomic mass is 16.5. The van der Waals surface area contributed by atoms with Gasteiger partial charge in [-0.25, -0.2) is 0 Å². The zero-order chi connectivity index (χ0) is 18.7.